The molecule has 0 saturated heterocycles. The molecule has 0 aliphatic rings. The maximum atomic E-state index is 8.99. The smallest absolute Gasteiger partial charge is 0.104 e. The summed E-state index contributed by atoms with van der Waals surface area (Å²) in [5, 5.41) is 8.99. The molecule has 15 heavy (non-hydrogen) atoms. The fourth-order valence-electron chi connectivity index (χ4n) is 1.54. The molecule has 0 saturated carbocycles. The minimum Gasteiger partial charge on any atom is -0.394 e. The zero-order valence-corrected chi connectivity index (χ0v) is 9.87. The van der Waals surface area contributed by atoms with E-state index >= 15 is 0 Å². The van der Waals surface area contributed by atoms with Gasteiger partial charge in [-0.05, 0) is 40.5 Å². The molecule has 0 fully saturated rings. The van der Waals surface area contributed by atoms with Gasteiger partial charge in [0.1, 0.15) is 11.3 Å². The van der Waals surface area contributed by atoms with Crippen LogP contribution in [0.3, 0.4) is 0 Å². The fourth-order valence-corrected chi connectivity index (χ4v) is 2.11. The SMILES string of the molecule is Cc1nc2c(Br)cc(C(N)CO)cc2[nH]1. The Kier molecular flexibility index (Phi) is 2.77. The maximum absolute atomic E-state index is 8.99. The molecule has 4 nitrogen and oxygen atoms in total. The molecule has 0 amide bonds. The molecule has 0 radical (unpaired) electrons. The Bertz CT molecular complexity index is 495. The van der Waals surface area contributed by atoms with E-state index in [1.54, 1.807) is 0 Å². The first kappa shape index (κ1) is 10.6. The predicted octanol–water partition coefficient (Wildman–Crippen LogP) is 1.63. The van der Waals surface area contributed by atoms with Gasteiger partial charge >= 0.3 is 0 Å². The van der Waals surface area contributed by atoms with E-state index in [1.165, 1.54) is 0 Å². The number of imidazole rings is 1. The summed E-state index contributed by atoms with van der Waals surface area (Å²) in [5.41, 5.74) is 8.47. The lowest BCUT2D eigenvalue weighted by Gasteiger charge is -2.08. The quantitative estimate of drug-likeness (QED) is 0.776. The normalized spacial score (nSPS) is 13.3. The maximum Gasteiger partial charge on any atom is 0.104 e. The average Bonchev–Trinajstić information content (AvgIpc) is 2.58. The van der Waals surface area contributed by atoms with Gasteiger partial charge in [-0.3, -0.25) is 0 Å². The molecule has 0 aliphatic carbocycles. The number of hydrogen-bond donors (Lipinski definition) is 3. The van der Waals surface area contributed by atoms with Crippen molar-refractivity contribution in [1.82, 2.24) is 9.97 Å². The minimum absolute atomic E-state index is 0.0644. The van der Waals surface area contributed by atoms with Gasteiger partial charge in [0.05, 0.1) is 18.2 Å². The molecule has 1 unspecified atom stereocenters. The number of benzene rings is 1. The minimum atomic E-state index is -0.352. The largest absolute Gasteiger partial charge is 0.394 e. The highest BCUT2D eigenvalue weighted by Crippen LogP contribution is 2.26. The number of fused-ring (bicyclic) bond motifs is 1. The molecule has 2 aromatic rings. The molecule has 5 heteroatoms. The van der Waals surface area contributed by atoms with Crippen molar-refractivity contribution in [1.29, 1.82) is 0 Å². The molecule has 1 aromatic heterocycles. The summed E-state index contributed by atoms with van der Waals surface area (Å²) in [6, 6.07) is 3.46. The van der Waals surface area contributed by atoms with Crippen molar-refractivity contribution in [2.24, 2.45) is 5.73 Å². The molecule has 1 aromatic carbocycles. The van der Waals surface area contributed by atoms with Crippen LogP contribution in [0.5, 0.6) is 0 Å². The Morgan fingerprint density at radius 3 is 3.00 bits per heavy atom. The van der Waals surface area contributed by atoms with E-state index in [0.717, 1.165) is 26.9 Å². The highest BCUT2D eigenvalue weighted by molar-refractivity contribution is 9.10. The van der Waals surface area contributed by atoms with Gasteiger partial charge in [-0.1, -0.05) is 0 Å². The van der Waals surface area contributed by atoms with Crippen LogP contribution in [0.2, 0.25) is 0 Å². The summed E-state index contributed by atoms with van der Waals surface area (Å²) in [6.07, 6.45) is 0. The van der Waals surface area contributed by atoms with Crippen molar-refractivity contribution < 1.29 is 5.11 Å². The number of rotatable bonds is 2. The molecule has 0 bridgehead atoms. The van der Waals surface area contributed by atoms with Crippen LogP contribution in [-0.4, -0.2) is 21.7 Å². The number of hydrogen-bond acceptors (Lipinski definition) is 3. The number of aromatic amines is 1. The summed E-state index contributed by atoms with van der Waals surface area (Å²) in [6.45, 7) is 1.84. The van der Waals surface area contributed by atoms with Crippen molar-refractivity contribution in [2.45, 2.75) is 13.0 Å². The number of nitrogens with zero attached hydrogens (tertiary/aromatic N) is 1. The van der Waals surface area contributed by atoms with Gasteiger partial charge in [0.2, 0.25) is 0 Å². The van der Waals surface area contributed by atoms with Gasteiger partial charge in [0, 0.05) is 4.47 Å². The molecular formula is C10H12BrN3O. The molecule has 2 rings (SSSR count). The van der Waals surface area contributed by atoms with Gasteiger partial charge in [-0.25, -0.2) is 4.98 Å². The third-order valence-corrected chi connectivity index (χ3v) is 2.91. The molecule has 80 valence electrons. The Hall–Kier alpha value is -0.910. The topological polar surface area (TPSA) is 74.9 Å². The molecule has 1 atom stereocenters. The number of aliphatic hydroxyl groups excluding tert-OH is 1. The summed E-state index contributed by atoms with van der Waals surface area (Å²) in [5.74, 6) is 0.861. The Balaban J connectivity index is 2.61. The summed E-state index contributed by atoms with van der Waals surface area (Å²) < 4.78 is 0.892. The highest BCUT2D eigenvalue weighted by Gasteiger charge is 2.10. The summed E-state index contributed by atoms with van der Waals surface area (Å²) in [7, 11) is 0. The lowest BCUT2D eigenvalue weighted by Crippen LogP contribution is -2.14. The zero-order valence-electron chi connectivity index (χ0n) is 8.29. The lowest BCUT2D eigenvalue weighted by molar-refractivity contribution is 0.268. The van der Waals surface area contributed by atoms with Crippen molar-refractivity contribution in [3.8, 4) is 0 Å². The summed E-state index contributed by atoms with van der Waals surface area (Å²) >= 11 is 3.44. The zero-order chi connectivity index (χ0) is 11.0. The Morgan fingerprint density at radius 1 is 1.60 bits per heavy atom. The van der Waals surface area contributed by atoms with Gasteiger partial charge in [-0.2, -0.15) is 0 Å². The standard InChI is InChI=1S/C10H12BrN3O/c1-5-13-9-3-6(8(12)4-15)2-7(11)10(9)14-5/h2-3,8,15H,4,12H2,1H3,(H,13,14). The van der Waals surface area contributed by atoms with Crippen molar-refractivity contribution in [2.75, 3.05) is 6.61 Å². The highest BCUT2D eigenvalue weighted by atomic mass is 79.9. The van der Waals surface area contributed by atoms with Crippen LogP contribution in [0.4, 0.5) is 0 Å². The number of aryl methyl sites for hydroxylation is 1. The van der Waals surface area contributed by atoms with E-state index in [9.17, 15) is 0 Å². The molecule has 0 aliphatic heterocycles. The third kappa shape index (κ3) is 1.90. The van der Waals surface area contributed by atoms with E-state index in [2.05, 4.69) is 25.9 Å². The fraction of sp³-hybridized carbons (Fsp3) is 0.300. The van der Waals surface area contributed by atoms with Crippen molar-refractivity contribution in [3.63, 3.8) is 0 Å². The van der Waals surface area contributed by atoms with Crippen LogP contribution in [0.25, 0.3) is 11.0 Å². The van der Waals surface area contributed by atoms with Gasteiger partial charge < -0.3 is 15.8 Å². The number of aromatic nitrogens is 2. The first-order chi connectivity index (χ1) is 7.11. The Morgan fingerprint density at radius 2 is 2.33 bits per heavy atom. The second-order valence-corrected chi connectivity index (χ2v) is 4.36. The number of nitrogens with one attached hydrogen (secondary N) is 1. The number of aliphatic hydroxyl groups is 1. The van der Waals surface area contributed by atoms with Crippen LogP contribution in [0.15, 0.2) is 16.6 Å². The van der Waals surface area contributed by atoms with Gasteiger partial charge in [-0.15, -0.1) is 0 Å². The average molecular weight is 270 g/mol. The third-order valence-electron chi connectivity index (χ3n) is 2.31. The Labute approximate surface area is 95.6 Å². The monoisotopic (exact) mass is 269 g/mol. The molecule has 4 N–H and O–H groups in total. The first-order valence-electron chi connectivity index (χ1n) is 4.64. The lowest BCUT2D eigenvalue weighted by atomic mass is 10.1. The van der Waals surface area contributed by atoms with E-state index in [4.69, 9.17) is 10.8 Å². The van der Waals surface area contributed by atoms with Crippen LogP contribution in [-0.2, 0) is 0 Å². The van der Waals surface area contributed by atoms with Gasteiger partial charge in [0.25, 0.3) is 0 Å². The molecule has 0 spiro atoms. The molecule has 1 heterocycles. The van der Waals surface area contributed by atoms with Crippen LogP contribution >= 0.6 is 15.9 Å². The van der Waals surface area contributed by atoms with E-state index in [1.807, 2.05) is 19.1 Å². The second kappa shape index (κ2) is 3.92. The predicted molar refractivity (Wildman–Crippen MR) is 62.5 cm³/mol. The van der Waals surface area contributed by atoms with Crippen LogP contribution < -0.4 is 5.73 Å². The summed E-state index contributed by atoms with van der Waals surface area (Å²) in [4.78, 5) is 7.47. The van der Waals surface area contributed by atoms with Crippen LogP contribution in [0.1, 0.15) is 17.4 Å². The number of nitrogens with two attached hydrogens (primary N) is 1. The second-order valence-electron chi connectivity index (χ2n) is 3.51. The first-order valence-corrected chi connectivity index (χ1v) is 5.43. The van der Waals surface area contributed by atoms with E-state index in [0.29, 0.717) is 0 Å². The number of halogens is 1. The number of H-pyrrole nitrogens is 1. The van der Waals surface area contributed by atoms with Crippen molar-refractivity contribution >= 4 is 27.0 Å². The van der Waals surface area contributed by atoms with E-state index < -0.39 is 0 Å². The van der Waals surface area contributed by atoms with E-state index in [-0.39, 0.29) is 12.6 Å². The van der Waals surface area contributed by atoms with Crippen molar-refractivity contribution in [3.05, 3.63) is 28.0 Å². The van der Waals surface area contributed by atoms with Gasteiger partial charge in [0.15, 0.2) is 0 Å². The molecular weight excluding hydrogens is 258 g/mol. The van der Waals surface area contributed by atoms with Crippen LogP contribution in [0, 0.1) is 6.92 Å².